The Labute approximate surface area is 124 Å². The Morgan fingerprint density at radius 3 is 2.65 bits per heavy atom. The lowest BCUT2D eigenvalue weighted by Gasteiger charge is -2.10. The summed E-state index contributed by atoms with van der Waals surface area (Å²) in [4.78, 5) is 14.7. The molecule has 0 saturated heterocycles. The number of nitro groups is 1. The summed E-state index contributed by atoms with van der Waals surface area (Å²) in [5, 5.41) is 10.9. The number of benzene rings is 1. The molecule has 0 aliphatic carbocycles. The van der Waals surface area contributed by atoms with Crippen molar-refractivity contribution in [3.8, 4) is 5.75 Å². The van der Waals surface area contributed by atoms with Crippen molar-refractivity contribution in [2.24, 2.45) is 0 Å². The number of rotatable bonds is 4. The van der Waals surface area contributed by atoms with Crippen LogP contribution < -0.4 is 4.74 Å². The number of aryl methyl sites for hydroxylation is 2. The fourth-order valence-electron chi connectivity index (χ4n) is 1.82. The first-order chi connectivity index (χ1) is 9.47. The number of aromatic nitrogens is 1. The first-order valence-corrected chi connectivity index (χ1v) is 6.75. The van der Waals surface area contributed by atoms with E-state index in [9.17, 15) is 10.1 Å². The third-order valence-electron chi connectivity index (χ3n) is 2.85. The third-order valence-corrected chi connectivity index (χ3v) is 3.32. The van der Waals surface area contributed by atoms with Crippen molar-refractivity contribution in [3.63, 3.8) is 0 Å². The van der Waals surface area contributed by atoms with E-state index in [2.05, 4.69) is 20.9 Å². The van der Waals surface area contributed by atoms with E-state index in [-0.39, 0.29) is 12.3 Å². The molecule has 2 aromatic rings. The monoisotopic (exact) mass is 336 g/mol. The van der Waals surface area contributed by atoms with Crippen LogP contribution in [0, 0.1) is 24.0 Å². The Balaban J connectivity index is 2.18. The third kappa shape index (κ3) is 3.33. The highest BCUT2D eigenvalue weighted by Gasteiger charge is 2.14. The Hall–Kier alpha value is -1.95. The average molecular weight is 337 g/mol. The topological polar surface area (TPSA) is 65.3 Å². The molecule has 0 unspecified atom stereocenters. The Morgan fingerprint density at radius 1 is 1.30 bits per heavy atom. The van der Waals surface area contributed by atoms with Gasteiger partial charge >= 0.3 is 0 Å². The second kappa shape index (κ2) is 6.00. The lowest BCUT2D eigenvalue weighted by Crippen LogP contribution is -2.01. The lowest BCUT2D eigenvalue weighted by molar-refractivity contribution is -0.385. The summed E-state index contributed by atoms with van der Waals surface area (Å²) in [7, 11) is 0. The summed E-state index contributed by atoms with van der Waals surface area (Å²) in [5.74, 6) is 0.506. The average Bonchev–Trinajstić information content (AvgIpc) is 2.39. The van der Waals surface area contributed by atoms with E-state index in [0.29, 0.717) is 11.3 Å². The van der Waals surface area contributed by atoms with Crippen LogP contribution in [0.3, 0.4) is 0 Å². The number of nitro benzene ring substituents is 1. The molecule has 1 heterocycles. The molecule has 5 nitrogen and oxygen atoms in total. The summed E-state index contributed by atoms with van der Waals surface area (Å²) in [6.45, 7) is 3.85. The van der Waals surface area contributed by atoms with Crippen molar-refractivity contribution in [1.29, 1.82) is 0 Å². The largest absolute Gasteiger partial charge is 0.487 e. The van der Waals surface area contributed by atoms with Gasteiger partial charge in [0.05, 0.1) is 16.7 Å². The van der Waals surface area contributed by atoms with Crippen molar-refractivity contribution in [3.05, 3.63) is 61.9 Å². The minimum atomic E-state index is -0.403. The molecule has 20 heavy (non-hydrogen) atoms. The van der Waals surface area contributed by atoms with E-state index < -0.39 is 4.92 Å². The number of pyridine rings is 1. The van der Waals surface area contributed by atoms with E-state index in [1.54, 1.807) is 19.2 Å². The van der Waals surface area contributed by atoms with Crippen LogP contribution in [0.15, 0.2) is 34.9 Å². The number of nitrogens with zero attached hydrogens (tertiary/aromatic N) is 2. The van der Waals surface area contributed by atoms with Crippen LogP contribution in [0.2, 0.25) is 0 Å². The zero-order chi connectivity index (χ0) is 14.7. The smallest absolute Gasteiger partial charge is 0.276 e. The maximum atomic E-state index is 10.9. The van der Waals surface area contributed by atoms with Crippen LogP contribution in [0.1, 0.15) is 16.8 Å². The second-order valence-corrected chi connectivity index (χ2v) is 5.33. The fourth-order valence-corrected chi connectivity index (χ4v) is 2.05. The van der Waals surface area contributed by atoms with Crippen molar-refractivity contribution >= 4 is 21.6 Å². The number of hydrogen-bond acceptors (Lipinski definition) is 4. The molecule has 104 valence electrons. The quantitative estimate of drug-likeness (QED) is 0.626. The maximum absolute atomic E-state index is 10.9. The molecular formula is C14H13BrN2O3. The van der Waals surface area contributed by atoms with Gasteiger partial charge in [-0.05, 0) is 53.5 Å². The molecular weight excluding hydrogens is 324 g/mol. The molecule has 2 rings (SSSR count). The molecule has 0 bridgehead atoms. The van der Waals surface area contributed by atoms with Crippen LogP contribution in [-0.4, -0.2) is 9.91 Å². The second-order valence-electron chi connectivity index (χ2n) is 4.42. The van der Waals surface area contributed by atoms with Crippen molar-refractivity contribution < 1.29 is 9.66 Å². The molecule has 0 amide bonds. The minimum absolute atomic E-state index is 0.0642. The first-order valence-electron chi connectivity index (χ1n) is 5.96. The summed E-state index contributed by atoms with van der Waals surface area (Å²) in [5.41, 5.74) is 2.32. The first kappa shape index (κ1) is 14.5. The van der Waals surface area contributed by atoms with Crippen LogP contribution in [-0.2, 0) is 6.61 Å². The van der Waals surface area contributed by atoms with Gasteiger partial charge in [-0.15, -0.1) is 0 Å². The number of hydrogen-bond donors (Lipinski definition) is 0. The summed E-state index contributed by atoms with van der Waals surface area (Å²) in [6, 6.07) is 6.92. The molecule has 1 aromatic heterocycles. The van der Waals surface area contributed by atoms with E-state index in [1.165, 1.54) is 6.07 Å². The Kier molecular flexibility index (Phi) is 4.34. The summed E-state index contributed by atoms with van der Waals surface area (Å²) in [6.07, 6.45) is 1.68. The molecule has 0 N–H and O–H groups in total. The molecule has 1 aromatic carbocycles. The normalized spacial score (nSPS) is 10.3. The molecule has 0 aliphatic heterocycles. The van der Waals surface area contributed by atoms with Gasteiger partial charge in [0.25, 0.3) is 5.69 Å². The Bertz CT molecular complexity index is 642. The molecule has 0 radical (unpaired) electrons. The van der Waals surface area contributed by atoms with Gasteiger partial charge in [0.15, 0.2) is 0 Å². The molecule has 0 atom stereocenters. The fraction of sp³-hybridized carbons (Fsp3) is 0.214. The van der Waals surface area contributed by atoms with E-state index >= 15 is 0 Å². The van der Waals surface area contributed by atoms with E-state index in [4.69, 9.17) is 4.74 Å². The predicted molar refractivity (Wildman–Crippen MR) is 78.8 cm³/mol. The molecule has 0 aliphatic rings. The zero-order valence-corrected chi connectivity index (χ0v) is 12.7. The number of halogens is 1. The molecule has 6 heteroatoms. The van der Waals surface area contributed by atoms with Gasteiger partial charge in [-0.3, -0.25) is 15.1 Å². The highest BCUT2D eigenvalue weighted by molar-refractivity contribution is 9.10. The van der Waals surface area contributed by atoms with Crippen LogP contribution in [0.4, 0.5) is 5.69 Å². The van der Waals surface area contributed by atoms with Crippen molar-refractivity contribution in [2.75, 3.05) is 0 Å². The minimum Gasteiger partial charge on any atom is -0.487 e. The molecule has 0 saturated carbocycles. The number of ether oxygens (including phenoxy) is 1. The predicted octanol–water partition coefficient (Wildman–Crippen LogP) is 3.95. The van der Waals surface area contributed by atoms with E-state index in [0.717, 1.165) is 15.7 Å². The summed E-state index contributed by atoms with van der Waals surface area (Å²) >= 11 is 3.31. The Morgan fingerprint density at radius 2 is 2.05 bits per heavy atom. The van der Waals surface area contributed by atoms with Gasteiger partial charge < -0.3 is 4.74 Å². The zero-order valence-electron chi connectivity index (χ0n) is 11.1. The van der Waals surface area contributed by atoms with Crippen LogP contribution in [0.5, 0.6) is 5.75 Å². The molecule has 0 spiro atoms. The highest BCUT2D eigenvalue weighted by atomic mass is 79.9. The van der Waals surface area contributed by atoms with Crippen molar-refractivity contribution in [2.45, 2.75) is 20.5 Å². The SMILES string of the molecule is Cc1cc(C)c([N+](=O)[O-])cc1OCc1ccc(Br)cn1. The maximum Gasteiger partial charge on any atom is 0.276 e. The van der Waals surface area contributed by atoms with Crippen LogP contribution in [0.25, 0.3) is 0 Å². The lowest BCUT2D eigenvalue weighted by atomic mass is 10.1. The van der Waals surface area contributed by atoms with Gasteiger partial charge in [0.1, 0.15) is 12.4 Å². The standard InChI is InChI=1S/C14H13BrN2O3/c1-9-5-10(2)14(6-13(9)17(18)19)20-8-12-4-3-11(15)7-16-12/h3-7H,8H2,1-2H3. The van der Waals surface area contributed by atoms with Gasteiger partial charge in [-0.1, -0.05) is 0 Å². The highest BCUT2D eigenvalue weighted by Crippen LogP contribution is 2.28. The van der Waals surface area contributed by atoms with Gasteiger partial charge in [0, 0.05) is 16.2 Å². The van der Waals surface area contributed by atoms with Gasteiger partial charge in [-0.2, -0.15) is 0 Å². The van der Waals surface area contributed by atoms with E-state index in [1.807, 2.05) is 19.1 Å². The van der Waals surface area contributed by atoms with Gasteiger partial charge in [-0.25, -0.2) is 0 Å². The van der Waals surface area contributed by atoms with Crippen molar-refractivity contribution in [1.82, 2.24) is 4.98 Å². The van der Waals surface area contributed by atoms with Gasteiger partial charge in [0.2, 0.25) is 0 Å². The molecule has 0 fully saturated rings. The summed E-state index contributed by atoms with van der Waals surface area (Å²) < 4.78 is 6.52. The van der Waals surface area contributed by atoms with Crippen LogP contribution >= 0.6 is 15.9 Å².